The molecule has 0 radical (unpaired) electrons. The average Bonchev–Trinajstić information content (AvgIpc) is 3.01. The lowest BCUT2D eigenvalue weighted by molar-refractivity contribution is 0.0863. The van der Waals surface area contributed by atoms with Crippen LogP contribution in [0.5, 0.6) is 0 Å². The third-order valence-corrected chi connectivity index (χ3v) is 6.91. The maximum Gasteiger partial charge on any atom is 0.000662 e. The lowest BCUT2D eigenvalue weighted by Crippen LogP contribution is -2.39. The summed E-state index contributed by atoms with van der Waals surface area (Å²) in [7, 11) is 2.33. The number of hydrogen-bond acceptors (Lipinski definition) is 1. The molecule has 0 aromatic heterocycles. The van der Waals surface area contributed by atoms with Crippen molar-refractivity contribution >= 4 is 0 Å². The van der Waals surface area contributed by atoms with Gasteiger partial charge in [0.1, 0.15) is 0 Å². The van der Waals surface area contributed by atoms with Crippen LogP contribution in [0.4, 0.5) is 0 Å². The van der Waals surface area contributed by atoms with Gasteiger partial charge in [0.15, 0.2) is 0 Å². The van der Waals surface area contributed by atoms with Crippen molar-refractivity contribution in [1.29, 1.82) is 0 Å². The standard InChI is InChI=1S/C20H39N/c1-8-17-15(5)14(4)12-21(7)10-9-18(17)20-16(6)19(20)11-13(2)3/h13-20H,8-12H2,1-7H3. The van der Waals surface area contributed by atoms with Crippen molar-refractivity contribution in [2.75, 3.05) is 20.1 Å². The fourth-order valence-electron chi connectivity index (χ4n) is 5.50. The van der Waals surface area contributed by atoms with Crippen LogP contribution < -0.4 is 0 Å². The molecule has 7 atom stereocenters. The Kier molecular flexibility index (Phi) is 5.79. The molecule has 124 valence electrons. The molecule has 1 heteroatoms. The van der Waals surface area contributed by atoms with Crippen molar-refractivity contribution in [3.63, 3.8) is 0 Å². The molecule has 7 unspecified atom stereocenters. The third kappa shape index (κ3) is 3.84. The first kappa shape index (κ1) is 17.3. The predicted molar refractivity (Wildman–Crippen MR) is 93.3 cm³/mol. The molecule has 1 saturated heterocycles. The van der Waals surface area contributed by atoms with Gasteiger partial charge in [-0.3, -0.25) is 0 Å². The largest absolute Gasteiger partial charge is 0.306 e. The molecule has 2 fully saturated rings. The van der Waals surface area contributed by atoms with Gasteiger partial charge in [0, 0.05) is 6.54 Å². The summed E-state index contributed by atoms with van der Waals surface area (Å²) in [5, 5.41) is 0. The number of likely N-dealkylation sites (tertiary alicyclic amines) is 1. The van der Waals surface area contributed by atoms with Crippen molar-refractivity contribution in [1.82, 2.24) is 4.90 Å². The highest BCUT2D eigenvalue weighted by molar-refractivity contribution is 5.01. The average molecular weight is 294 g/mol. The lowest BCUT2D eigenvalue weighted by atomic mass is 9.70. The van der Waals surface area contributed by atoms with Gasteiger partial charge < -0.3 is 4.90 Å². The van der Waals surface area contributed by atoms with Gasteiger partial charge in [-0.2, -0.15) is 0 Å². The quantitative estimate of drug-likeness (QED) is 0.691. The van der Waals surface area contributed by atoms with Gasteiger partial charge in [-0.05, 0) is 73.8 Å². The van der Waals surface area contributed by atoms with Crippen LogP contribution in [0.1, 0.15) is 60.8 Å². The first-order valence-corrected chi connectivity index (χ1v) is 9.55. The van der Waals surface area contributed by atoms with Crippen molar-refractivity contribution in [3.05, 3.63) is 0 Å². The molecule has 0 N–H and O–H groups in total. The van der Waals surface area contributed by atoms with Crippen LogP contribution in [0.3, 0.4) is 0 Å². The molecule has 0 spiro atoms. The van der Waals surface area contributed by atoms with E-state index in [0.29, 0.717) is 0 Å². The second-order valence-corrected chi connectivity index (χ2v) is 8.85. The SMILES string of the molecule is CCC1C(C)C(C)CN(C)CCC1C1C(C)C1CC(C)C. The summed E-state index contributed by atoms with van der Waals surface area (Å²) >= 11 is 0. The van der Waals surface area contributed by atoms with Crippen LogP contribution >= 0.6 is 0 Å². The van der Waals surface area contributed by atoms with Gasteiger partial charge in [-0.15, -0.1) is 0 Å². The Hall–Kier alpha value is -0.0400. The normalized spacial score (nSPS) is 45.4. The molecule has 2 aliphatic rings. The molecule has 0 aromatic rings. The van der Waals surface area contributed by atoms with Crippen molar-refractivity contribution in [2.45, 2.75) is 60.8 Å². The van der Waals surface area contributed by atoms with Crippen molar-refractivity contribution < 1.29 is 0 Å². The molecular formula is C20H39N. The summed E-state index contributed by atoms with van der Waals surface area (Å²) in [5.41, 5.74) is 0. The van der Waals surface area contributed by atoms with Crippen LogP contribution in [-0.4, -0.2) is 25.0 Å². The molecule has 21 heavy (non-hydrogen) atoms. The van der Waals surface area contributed by atoms with Gasteiger partial charge in [0.2, 0.25) is 0 Å². The molecular weight excluding hydrogens is 254 g/mol. The Labute approximate surface area is 133 Å². The lowest BCUT2D eigenvalue weighted by Gasteiger charge is -2.40. The minimum Gasteiger partial charge on any atom is -0.306 e. The Morgan fingerprint density at radius 1 is 1.05 bits per heavy atom. The number of nitrogens with zero attached hydrogens (tertiary/aromatic N) is 1. The highest BCUT2D eigenvalue weighted by Crippen LogP contribution is 2.58. The summed E-state index contributed by atoms with van der Waals surface area (Å²) < 4.78 is 0. The number of hydrogen-bond donors (Lipinski definition) is 0. The molecule has 0 bridgehead atoms. The highest BCUT2D eigenvalue weighted by Gasteiger charge is 2.52. The zero-order valence-electron chi connectivity index (χ0n) is 15.6. The smallest absolute Gasteiger partial charge is 0.000662 e. The molecule has 2 rings (SSSR count). The van der Waals surface area contributed by atoms with Crippen molar-refractivity contribution in [2.24, 2.45) is 47.3 Å². The monoisotopic (exact) mass is 293 g/mol. The summed E-state index contributed by atoms with van der Waals surface area (Å²) in [6, 6.07) is 0. The molecule has 0 aromatic carbocycles. The Balaban J connectivity index is 2.11. The van der Waals surface area contributed by atoms with E-state index in [-0.39, 0.29) is 0 Å². The molecule has 0 amide bonds. The van der Waals surface area contributed by atoms with E-state index in [1.807, 2.05) is 0 Å². The topological polar surface area (TPSA) is 3.24 Å². The van der Waals surface area contributed by atoms with E-state index in [2.05, 4.69) is 53.5 Å². The molecule has 1 nitrogen and oxygen atoms in total. The first-order valence-electron chi connectivity index (χ1n) is 9.55. The van der Waals surface area contributed by atoms with Crippen LogP contribution in [0.15, 0.2) is 0 Å². The van der Waals surface area contributed by atoms with Gasteiger partial charge >= 0.3 is 0 Å². The summed E-state index contributed by atoms with van der Waals surface area (Å²) in [6.07, 6.45) is 4.28. The van der Waals surface area contributed by atoms with Gasteiger partial charge in [-0.25, -0.2) is 0 Å². The third-order valence-electron chi connectivity index (χ3n) is 6.91. The van der Waals surface area contributed by atoms with Gasteiger partial charge in [0.25, 0.3) is 0 Å². The zero-order chi connectivity index (χ0) is 15.7. The van der Waals surface area contributed by atoms with E-state index in [9.17, 15) is 0 Å². The Morgan fingerprint density at radius 3 is 2.29 bits per heavy atom. The van der Waals surface area contributed by atoms with Crippen molar-refractivity contribution in [3.8, 4) is 0 Å². The zero-order valence-corrected chi connectivity index (χ0v) is 15.6. The highest BCUT2D eigenvalue weighted by atomic mass is 15.1. The minimum atomic E-state index is 0.848. The Morgan fingerprint density at radius 2 is 1.71 bits per heavy atom. The van der Waals surface area contributed by atoms with Crippen LogP contribution in [-0.2, 0) is 0 Å². The molecule has 1 aliphatic heterocycles. The second-order valence-electron chi connectivity index (χ2n) is 8.85. The van der Waals surface area contributed by atoms with Crippen LogP contribution in [0, 0.1) is 47.3 Å². The second kappa shape index (κ2) is 7.02. The fraction of sp³-hybridized carbons (Fsp3) is 1.00. The first-order chi connectivity index (χ1) is 9.86. The summed E-state index contributed by atoms with van der Waals surface area (Å²) in [5.74, 6) is 7.58. The van der Waals surface area contributed by atoms with E-state index in [4.69, 9.17) is 0 Å². The molecule has 1 heterocycles. The number of rotatable bonds is 4. The van der Waals surface area contributed by atoms with Gasteiger partial charge in [0.05, 0.1) is 0 Å². The van der Waals surface area contributed by atoms with E-state index in [1.165, 1.54) is 32.4 Å². The Bertz CT molecular complexity index is 324. The van der Waals surface area contributed by atoms with E-state index < -0.39 is 0 Å². The maximum atomic E-state index is 2.59. The van der Waals surface area contributed by atoms with Crippen LogP contribution in [0.2, 0.25) is 0 Å². The van der Waals surface area contributed by atoms with E-state index in [0.717, 1.165) is 47.3 Å². The molecule has 1 saturated carbocycles. The van der Waals surface area contributed by atoms with Gasteiger partial charge in [-0.1, -0.05) is 48.0 Å². The predicted octanol–water partition coefficient (Wildman–Crippen LogP) is 5.16. The van der Waals surface area contributed by atoms with E-state index >= 15 is 0 Å². The van der Waals surface area contributed by atoms with E-state index in [1.54, 1.807) is 0 Å². The van der Waals surface area contributed by atoms with Crippen LogP contribution in [0.25, 0.3) is 0 Å². The maximum absolute atomic E-state index is 2.59. The summed E-state index contributed by atoms with van der Waals surface area (Å²) in [4.78, 5) is 2.59. The molecule has 1 aliphatic carbocycles. The minimum absolute atomic E-state index is 0.848. The fourth-order valence-corrected chi connectivity index (χ4v) is 5.50. The summed E-state index contributed by atoms with van der Waals surface area (Å²) in [6.45, 7) is 17.4.